The second kappa shape index (κ2) is 17.4. The molecule has 4 amide bonds. The molecule has 3 N–H and O–H groups in total. The minimum Gasteiger partial charge on any atom is -0.494 e. The number of amides is 4. The molecule has 2 fully saturated rings. The van der Waals surface area contributed by atoms with Crippen LogP contribution in [0.15, 0.2) is 85.3 Å². The standard InChI is InChI=1S/C43H47N11O5/c1-28(47-41(56)30-5-3-6-32(23-30)45-25-38-49-50-40(51(38)2)36-15-16-44-27-46-36)29-7-10-34(11-8-29)59-22-4-17-52-18-20-53(21-19-52)33-9-12-35-31(24-33)26-54(43(35)58)37-13-14-39(55)48-42(37)57/h3,5-12,15-16,23-24,27-28,37,45H,4,13-14,17-22,25-26H2,1-2H3,(H,47,56)(H,48,55,57)/t28-,37?/m0/s1. The van der Waals surface area contributed by atoms with Crippen molar-refractivity contribution in [2.24, 2.45) is 7.05 Å². The van der Waals surface area contributed by atoms with E-state index in [0.717, 1.165) is 73.2 Å². The summed E-state index contributed by atoms with van der Waals surface area (Å²) in [6.45, 7) is 7.87. The molecule has 0 aliphatic carbocycles. The third-order valence-electron chi connectivity index (χ3n) is 11.2. The van der Waals surface area contributed by atoms with Crippen LogP contribution >= 0.6 is 0 Å². The van der Waals surface area contributed by atoms with E-state index >= 15 is 0 Å². The predicted octanol–water partition coefficient (Wildman–Crippen LogP) is 3.73. The van der Waals surface area contributed by atoms with Crippen LogP contribution in [0.4, 0.5) is 11.4 Å². The van der Waals surface area contributed by atoms with Crippen molar-refractivity contribution in [1.29, 1.82) is 0 Å². The number of carbonyl (C=O) groups excluding carboxylic acids is 4. The number of aromatic nitrogens is 5. The topological polar surface area (TPSA) is 180 Å². The second-order valence-corrected chi connectivity index (χ2v) is 15.1. The van der Waals surface area contributed by atoms with Gasteiger partial charge in [-0.2, -0.15) is 0 Å². The van der Waals surface area contributed by atoms with Crippen LogP contribution in [0.1, 0.15) is 69.9 Å². The number of fused-ring (bicyclic) bond motifs is 1. The predicted molar refractivity (Wildman–Crippen MR) is 219 cm³/mol. The van der Waals surface area contributed by atoms with E-state index in [9.17, 15) is 19.2 Å². The van der Waals surface area contributed by atoms with Crippen LogP contribution in [0.25, 0.3) is 11.5 Å². The van der Waals surface area contributed by atoms with Crippen molar-refractivity contribution >= 4 is 35.0 Å². The van der Waals surface area contributed by atoms with Crippen molar-refractivity contribution in [1.82, 2.24) is 45.2 Å². The summed E-state index contributed by atoms with van der Waals surface area (Å²) in [4.78, 5) is 64.9. The van der Waals surface area contributed by atoms with Crippen molar-refractivity contribution in [2.45, 2.75) is 51.4 Å². The van der Waals surface area contributed by atoms with E-state index in [1.807, 2.05) is 73.1 Å². The van der Waals surface area contributed by atoms with Gasteiger partial charge in [-0.05, 0) is 85.5 Å². The lowest BCUT2D eigenvalue weighted by Gasteiger charge is -2.36. The Hall–Kier alpha value is -6.68. The minimum absolute atomic E-state index is 0.151. The molecule has 0 spiro atoms. The summed E-state index contributed by atoms with van der Waals surface area (Å²) in [6, 6.07) is 22.1. The number of benzene rings is 3. The molecule has 3 aliphatic heterocycles. The Morgan fingerprint density at radius 3 is 2.59 bits per heavy atom. The van der Waals surface area contributed by atoms with E-state index < -0.39 is 11.9 Å². The Morgan fingerprint density at radius 2 is 1.81 bits per heavy atom. The van der Waals surface area contributed by atoms with Crippen LogP contribution in [0.5, 0.6) is 5.75 Å². The molecule has 2 atom stereocenters. The Balaban J connectivity index is 0.744. The van der Waals surface area contributed by atoms with Crippen LogP contribution in [0.3, 0.4) is 0 Å². The van der Waals surface area contributed by atoms with Gasteiger partial charge in [0.25, 0.3) is 11.8 Å². The normalized spacial score (nSPS) is 17.4. The first-order valence-corrected chi connectivity index (χ1v) is 20.0. The summed E-state index contributed by atoms with van der Waals surface area (Å²) in [7, 11) is 1.89. The SMILES string of the molecule is C[C@H](NC(=O)c1cccc(NCc2nnc(-c3ccncn3)n2C)c1)c1ccc(OCCCN2CCN(c3ccc4c(c3)CN(C3CCC(=O)NC3=O)C4=O)CC2)cc1. The summed E-state index contributed by atoms with van der Waals surface area (Å²) < 4.78 is 7.94. The average Bonchev–Trinajstić information content (AvgIpc) is 3.80. The monoisotopic (exact) mass is 797 g/mol. The van der Waals surface area contributed by atoms with Gasteiger partial charge in [-0.3, -0.25) is 29.4 Å². The fourth-order valence-electron chi connectivity index (χ4n) is 7.79. The zero-order valence-corrected chi connectivity index (χ0v) is 33.1. The third-order valence-corrected chi connectivity index (χ3v) is 11.2. The highest BCUT2D eigenvalue weighted by Gasteiger charge is 2.39. The van der Waals surface area contributed by atoms with Crippen molar-refractivity contribution in [3.8, 4) is 17.3 Å². The molecule has 0 bridgehead atoms. The van der Waals surface area contributed by atoms with Crippen molar-refractivity contribution in [3.05, 3.63) is 113 Å². The van der Waals surface area contributed by atoms with Gasteiger partial charge in [0.1, 0.15) is 23.8 Å². The Morgan fingerprint density at radius 1 is 0.983 bits per heavy atom. The first-order chi connectivity index (χ1) is 28.7. The van der Waals surface area contributed by atoms with E-state index in [1.165, 1.54) is 6.33 Å². The van der Waals surface area contributed by atoms with Gasteiger partial charge in [0.05, 0.1) is 19.2 Å². The molecule has 3 aliphatic rings. The second-order valence-electron chi connectivity index (χ2n) is 15.1. The van der Waals surface area contributed by atoms with Gasteiger partial charge in [0.15, 0.2) is 11.6 Å². The zero-order valence-electron chi connectivity index (χ0n) is 33.1. The third kappa shape index (κ3) is 8.92. The zero-order chi connectivity index (χ0) is 40.9. The lowest BCUT2D eigenvalue weighted by Crippen LogP contribution is -2.52. The van der Waals surface area contributed by atoms with Crippen molar-refractivity contribution < 1.29 is 23.9 Å². The van der Waals surface area contributed by atoms with Crippen molar-refractivity contribution in [2.75, 3.05) is 49.5 Å². The van der Waals surface area contributed by atoms with Crippen LogP contribution in [-0.4, -0.2) is 104 Å². The van der Waals surface area contributed by atoms with Crippen LogP contribution in [0, 0.1) is 0 Å². The van der Waals surface area contributed by atoms with Crippen molar-refractivity contribution in [3.63, 3.8) is 0 Å². The van der Waals surface area contributed by atoms with E-state index in [-0.39, 0.29) is 30.2 Å². The molecule has 3 aromatic carbocycles. The van der Waals surface area contributed by atoms with Gasteiger partial charge in [-0.15, -0.1) is 10.2 Å². The molecule has 0 radical (unpaired) electrons. The summed E-state index contributed by atoms with van der Waals surface area (Å²) in [5.41, 5.74) is 5.63. The Labute approximate surface area is 342 Å². The molecule has 5 heterocycles. The first-order valence-electron chi connectivity index (χ1n) is 20.0. The lowest BCUT2D eigenvalue weighted by molar-refractivity contribution is -0.136. The maximum Gasteiger partial charge on any atom is 0.255 e. The van der Waals surface area contributed by atoms with Gasteiger partial charge < -0.3 is 29.7 Å². The Bertz CT molecular complexity index is 2330. The number of carbonyl (C=O) groups is 4. The van der Waals surface area contributed by atoms with Crippen LogP contribution < -0.4 is 25.6 Å². The number of imide groups is 1. The molecular formula is C43H47N11O5. The summed E-state index contributed by atoms with van der Waals surface area (Å²) in [6.07, 6.45) is 4.63. The quantitative estimate of drug-likeness (QED) is 0.110. The Kier molecular flexibility index (Phi) is 11.6. The van der Waals surface area contributed by atoms with Crippen LogP contribution in [-0.2, 0) is 29.7 Å². The molecule has 59 heavy (non-hydrogen) atoms. The fraction of sp³-hybridized carbons (Fsp3) is 0.349. The van der Waals surface area contributed by atoms with E-state index in [0.29, 0.717) is 48.8 Å². The number of anilines is 2. The molecule has 2 aromatic heterocycles. The molecule has 1 unspecified atom stereocenters. The minimum atomic E-state index is -0.610. The maximum atomic E-state index is 13.2. The number of nitrogens with one attached hydrogen (secondary N) is 3. The van der Waals surface area contributed by atoms with Gasteiger partial charge in [0, 0.05) is 81.4 Å². The molecule has 0 saturated carbocycles. The summed E-state index contributed by atoms with van der Waals surface area (Å²) in [5.74, 6) is 1.15. The van der Waals surface area contributed by atoms with E-state index in [2.05, 4.69) is 52.0 Å². The molecule has 16 heteroatoms. The van der Waals surface area contributed by atoms with Gasteiger partial charge in [-0.25, -0.2) is 9.97 Å². The first kappa shape index (κ1) is 39.2. The number of piperazine rings is 1. The maximum absolute atomic E-state index is 13.2. The molecular weight excluding hydrogens is 751 g/mol. The molecule has 16 nitrogen and oxygen atoms in total. The van der Waals surface area contributed by atoms with E-state index in [4.69, 9.17) is 4.74 Å². The molecule has 2 saturated heterocycles. The number of hydrogen-bond acceptors (Lipinski definition) is 12. The fourth-order valence-corrected chi connectivity index (χ4v) is 7.79. The average molecular weight is 798 g/mol. The summed E-state index contributed by atoms with van der Waals surface area (Å²) in [5, 5.41) is 17.4. The van der Waals surface area contributed by atoms with E-state index in [1.54, 1.807) is 23.2 Å². The molecule has 5 aromatic rings. The number of piperidine rings is 1. The summed E-state index contributed by atoms with van der Waals surface area (Å²) >= 11 is 0. The number of rotatable bonds is 14. The number of nitrogens with zero attached hydrogens (tertiary/aromatic N) is 8. The highest BCUT2D eigenvalue weighted by molar-refractivity contribution is 6.05. The van der Waals surface area contributed by atoms with Crippen LogP contribution in [0.2, 0.25) is 0 Å². The molecule has 8 rings (SSSR count). The number of hydrogen-bond donors (Lipinski definition) is 3. The smallest absolute Gasteiger partial charge is 0.255 e. The van der Waals surface area contributed by atoms with Gasteiger partial charge >= 0.3 is 0 Å². The van der Waals surface area contributed by atoms with Gasteiger partial charge in [-0.1, -0.05) is 18.2 Å². The largest absolute Gasteiger partial charge is 0.494 e. The van der Waals surface area contributed by atoms with Gasteiger partial charge in [0.2, 0.25) is 11.8 Å². The number of ether oxygens (including phenoxy) is 1. The lowest BCUT2D eigenvalue weighted by atomic mass is 10.0. The highest BCUT2D eigenvalue weighted by Crippen LogP contribution is 2.31. The molecule has 304 valence electrons. The highest BCUT2D eigenvalue weighted by atomic mass is 16.5.